The summed E-state index contributed by atoms with van der Waals surface area (Å²) in [5, 5.41) is 0. The standard InChI is InChI=1S/C13H12BrNO2S/c1-9-7-12(13(14)15-8-9)10-3-5-11(6-4-10)18(2,16)17/h3-8H,1-2H3. The average Bonchev–Trinajstić information content (AvgIpc) is 2.31. The van der Waals surface area contributed by atoms with E-state index in [1.54, 1.807) is 30.5 Å². The maximum absolute atomic E-state index is 11.4. The van der Waals surface area contributed by atoms with E-state index in [0.717, 1.165) is 21.3 Å². The molecule has 5 heteroatoms. The Labute approximate surface area is 115 Å². The fourth-order valence-corrected chi connectivity index (χ4v) is 2.71. The number of hydrogen-bond acceptors (Lipinski definition) is 3. The lowest BCUT2D eigenvalue weighted by molar-refractivity contribution is 0.602. The third-order valence-electron chi connectivity index (χ3n) is 2.57. The number of nitrogens with zero attached hydrogens (tertiary/aromatic N) is 1. The SMILES string of the molecule is Cc1cnc(Br)c(-c2ccc(S(C)(=O)=O)cc2)c1. The van der Waals surface area contributed by atoms with Gasteiger partial charge in [0.25, 0.3) is 0 Å². The molecule has 0 saturated heterocycles. The minimum atomic E-state index is -3.15. The van der Waals surface area contributed by atoms with Crippen molar-refractivity contribution in [3.05, 3.63) is 46.7 Å². The Morgan fingerprint density at radius 1 is 1.17 bits per heavy atom. The van der Waals surface area contributed by atoms with Gasteiger partial charge in [-0.1, -0.05) is 12.1 Å². The molecule has 0 aliphatic rings. The summed E-state index contributed by atoms with van der Waals surface area (Å²) in [6.45, 7) is 1.97. The normalized spacial score (nSPS) is 11.5. The van der Waals surface area contributed by atoms with Crippen LogP contribution in [-0.4, -0.2) is 19.7 Å². The lowest BCUT2D eigenvalue weighted by atomic mass is 10.1. The minimum absolute atomic E-state index is 0.322. The second kappa shape index (κ2) is 4.82. The quantitative estimate of drug-likeness (QED) is 0.796. The van der Waals surface area contributed by atoms with E-state index in [-0.39, 0.29) is 0 Å². The summed E-state index contributed by atoms with van der Waals surface area (Å²) in [5.74, 6) is 0. The zero-order valence-corrected chi connectivity index (χ0v) is 12.4. The number of aryl methyl sites for hydroxylation is 1. The first-order valence-corrected chi connectivity index (χ1v) is 7.99. The number of sulfone groups is 1. The molecule has 0 spiro atoms. The van der Waals surface area contributed by atoms with Crippen molar-refractivity contribution in [2.24, 2.45) is 0 Å². The van der Waals surface area contributed by atoms with E-state index in [9.17, 15) is 8.42 Å². The molecule has 3 nitrogen and oxygen atoms in total. The maximum atomic E-state index is 11.4. The summed E-state index contributed by atoms with van der Waals surface area (Å²) in [6, 6.07) is 8.81. The van der Waals surface area contributed by atoms with E-state index in [2.05, 4.69) is 20.9 Å². The molecule has 0 unspecified atom stereocenters. The fraction of sp³-hybridized carbons (Fsp3) is 0.154. The predicted octanol–water partition coefficient (Wildman–Crippen LogP) is 3.22. The molecule has 0 radical (unpaired) electrons. The summed E-state index contributed by atoms with van der Waals surface area (Å²) in [6.07, 6.45) is 2.98. The van der Waals surface area contributed by atoms with Gasteiger partial charge in [0.2, 0.25) is 0 Å². The summed E-state index contributed by atoms with van der Waals surface area (Å²) in [4.78, 5) is 4.55. The van der Waals surface area contributed by atoms with Crippen LogP contribution in [0.2, 0.25) is 0 Å². The molecule has 0 amide bonds. The van der Waals surface area contributed by atoms with Crippen LogP contribution in [0.15, 0.2) is 46.0 Å². The second-order valence-corrected chi connectivity index (χ2v) is 6.91. The van der Waals surface area contributed by atoms with Crippen molar-refractivity contribution < 1.29 is 8.42 Å². The molecule has 1 aromatic heterocycles. The zero-order valence-electron chi connectivity index (χ0n) is 10.0. The Kier molecular flexibility index (Phi) is 3.54. The highest BCUT2D eigenvalue weighted by Crippen LogP contribution is 2.28. The van der Waals surface area contributed by atoms with Gasteiger partial charge in [0, 0.05) is 18.0 Å². The highest BCUT2D eigenvalue weighted by molar-refractivity contribution is 9.10. The van der Waals surface area contributed by atoms with E-state index < -0.39 is 9.84 Å². The number of hydrogen-bond donors (Lipinski definition) is 0. The molecule has 0 bridgehead atoms. The molecule has 94 valence electrons. The second-order valence-electron chi connectivity index (χ2n) is 4.15. The van der Waals surface area contributed by atoms with E-state index in [0.29, 0.717) is 4.90 Å². The van der Waals surface area contributed by atoms with Crippen LogP contribution in [-0.2, 0) is 9.84 Å². The molecule has 0 fully saturated rings. The number of rotatable bonds is 2. The van der Waals surface area contributed by atoms with Gasteiger partial charge in [-0.2, -0.15) is 0 Å². The third-order valence-corrected chi connectivity index (χ3v) is 4.33. The van der Waals surface area contributed by atoms with Crippen molar-refractivity contribution in [1.82, 2.24) is 4.98 Å². The van der Waals surface area contributed by atoms with Gasteiger partial charge in [0.1, 0.15) is 4.60 Å². The molecular formula is C13H12BrNO2S. The van der Waals surface area contributed by atoms with Crippen LogP contribution in [0.3, 0.4) is 0 Å². The molecule has 1 heterocycles. The van der Waals surface area contributed by atoms with Crippen LogP contribution in [0.25, 0.3) is 11.1 Å². The van der Waals surface area contributed by atoms with Crippen LogP contribution in [0.4, 0.5) is 0 Å². The molecule has 2 aromatic rings. The van der Waals surface area contributed by atoms with Crippen molar-refractivity contribution in [1.29, 1.82) is 0 Å². The summed E-state index contributed by atoms with van der Waals surface area (Å²) in [5.41, 5.74) is 2.95. The molecular weight excluding hydrogens is 314 g/mol. The largest absolute Gasteiger partial charge is 0.248 e. The van der Waals surface area contributed by atoms with Gasteiger partial charge in [-0.3, -0.25) is 0 Å². The van der Waals surface area contributed by atoms with Gasteiger partial charge in [-0.15, -0.1) is 0 Å². The van der Waals surface area contributed by atoms with Crippen molar-refractivity contribution in [3.63, 3.8) is 0 Å². The third kappa shape index (κ3) is 2.79. The highest BCUT2D eigenvalue weighted by Gasteiger charge is 2.09. The van der Waals surface area contributed by atoms with Crippen molar-refractivity contribution in [2.45, 2.75) is 11.8 Å². The molecule has 0 N–H and O–H groups in total. The highest BCUT2D eigenvalue weighted by atomic mass is 79.9. The molecule has 1 aromatic carbocycles. The molecule has 0 atom stereocenters. The van der Waals surface area contributed by atoms with Gasteiger partial charge in [0.05, 0.1) is 4.90 Å². The first kappa shape index (κ1) is 13.2. The van der Waals surface area contributed by atoms with Gasteiger partial charge in [-0.25, -0.2) is 13.4 Å². The van der Waals surface area contributed by atoms with Crippen molar-refractivity contribution >= 4 is 25.8 Å². The van der Waals surface area contributed by atoms with Gasteiger partial charge < -0.3 is 0 Å². The minimum Gasteiger partial charge on any atom is -0.248 e. The van der Waals surface area contributed by atoms with Crippen LogP contribution >= 0.6 is 15.9 Å². The van der Waals surface area contributed by atoms with E-state index in [1.807, 2.05) is 13.0 Å². The molecule has 2 rings (SSSR count). The lowest BCUT2D eigenvalue weighted by Crippen LogP contribution is -1.96. The smallest absolute Gasteiger partial charge is 0.175 e. The van der Waals surface area contributed by atoms with E-state index in [1.165, 1.54) is 6.26 Å². The Morgan fingerprint density at radius 3 is 2.33 bits per heavy atom. The molecule has 0 saturated carbocycles. The Bertz CT molecular complexity index is 679. The summed E-state index contributed by atoms with van der Waals surface area (Å²) >= 11 is 3.40. The van der Waals surface area contributed by atoms with Crippen molar-refractivity contribution in [3.8, 4) is 11.1 Å². The maximum Gasteiger partial charge on any atom is 0.175 e. The zero-order chi connectivity index (χ0) is 13.3. The first-order chi connectivity index (χ1) is 8.38. The molecule has 0 aliphatic carbocycles. The first-order valence-electron chi connectivity index (χ1n) is 5.30. The average molecular weight is 326 g/mol. The number of benzene rings is 1. The van der Waals surface area contributed by atoms with E-state index >= 15 is 0 Å². The van der Waals surface area contributed by atoms with Crippen LogP contribution in [0.5, 0.6) is 0 Å². The van der Waals surface area contributed by atoms with Gasteiger partial charge in [0.15, 0.2) is 9.84 Å². The molecule has 18 heavy (non-hydrogen) atoms. The van der Waals surface area contributed by atoms with Crippen LogP contribution in [0.1, 0.15) is 5.56 Å². The monoisotopic (exact) mass is 325 g/mol. The Morgan fingerprint density at radius 2 is 1.78 bits per heavy atom. The number of aromatic nitrogens is 1. The molecule has 0 aliphatic heterocycles. The predicted molar refractivity (Wildman–Crippen MR) is 75.2 cm³/mol. The number of pyridine rings is 1. The number of halogens is 1. The topological polar surface area (TPSA) is 47.0 Å². The Hall–Kier alpha value is -1.20. The van der Waals surface area contributed by atoms with Crippen LogP contribution in [0, 0.1) is 6.92 Å². The fourth-order valence-electron chi connectivity index (χ4n) is 1.64. The van der Waals surface area contributed by atoms with Gasteiger partial charge in [-0.05, 0) is 52.2 Å². The van der Waals surface area contributed by atoms with Crippen molar-refractivity contribution in [2.75, 3.05) is 6.26 Å². The summed E-state index contributed by atoms with van der Waals surface area (Å²) < 4.78 is 23.5. The van der Waals surface area contributed by atoms with Gasteiger partial charge >= 0.3 is 0 Å². The van der Waals surface area contributed by atoms with E-state index in [4.69, 9.17) is 0 Å². The summed E-state index contributed by atoms with van der Waals surface area (Å²) in [7, 11) is -3.15. The lowest BCUT2D eigenvalue weighted by Gasteiger charge is -2.06. The van der Waals surface area contributed by atoms with Crippen LogP contribution < -0.4 is 0 Å². The Balaban J connectivity index is 2.50.